The van der Waals surface area contributed by atoms with Crippen molar-refractivity contribution in [3.05, 3.63) is 35.4 Å². The third-order valence-electron chi connectivity index (χ3n) is 3.00. The predicted molar refractivity (Wildman–Crippen MR) is 72.9 cm³/mol. The van der Waals surface area contributed by atoms with Crippen molar-refractivity contribution >= 4 is 17.8 Å². The second-order valence-corrected chi connectivity index (χ2v) is 4.43. The Labute approximate surface area is 121 Å². The Bertz CT molecular complexity index is 542. The highest BCUT2D eigenvalue weighted by atomic mass is 16.5. The summed E-state index contributed by atoms with van der Waals surface area (Å²) in [6, 6.07) is 5.06. The van der Waals surface area contributed by atoms with Gasteiger partial charge in [-0.2, -0.15) is 0 Å². The predicted octanol–water partition coefficient (Wildman–Crippen LogP) is 0.833. The number of hydrogen-bond acceptors (Lipinski definition) is 4. The summed E-state index contributed by atoms with van der Waals surface area (Å²) in [6.07, 6.45) is 0. The van der Waals surface area contributed by atoms with Gasteiger partial charge in [-0.15, -0.1) is 0 Å². The second-order valence-electron chi connectivity index (χ2n) is 4.43. The van der Waals surface area contributed by atoms with Crippen molar-refractivity contribution in [2.45, 2.75) is 19.5 Å². The molecule has 0 bridgehead atoms. The Morgan fingerprint density at radius 3 is 2.38 bits per heavy atom. The number of aromatic carboxylic acids is 1. The fourth-order valence-corrected chi connectivity index (χ4v) is 1.83. The number of methoxy groups -OCH3 is 1. The van der Waals surface area contributed by atoms with Crippen molar-refractivity contribution in [3.63, 3.8) is 0 Å². The van der Waals surface area contributed by atoms with Crippen LogP contribution in [0.4, 0.5) is 0 Å². The molecule has 7 nitrogen and oxygen atoms in total. The molecule has 0 heterocycles. The van der Waals surface area contributed by atoms with Crippen molar-refractivity contribution in [1.82, 2.24) is 4.90 Å². The number of hydrogen-bond donors (Lipinski definition) is 2. The van der Waals surface area contributed by atoms with Gasteiger partial charge in [0.1, 0.15) is 12.6 Å². The first-order valence-corrected chi connectivity index (χ1v) is 6.21. The van der Waals surface area contributed by atoms with Crippen molar-refractivity contribution in [2.75, 3.05) is 13.7 Å². The molecule has 2 N–H and O–H groups in total. The van der Waals surface area contributed by atoms with Gasteiger partial charge in [-0.1, -0.05) is 18.2 Å². The maximum atomic E-state index is 12.0. The zero-order chi connectivity index (χ0) is 16.0. The maximum absolute atomic E-state index is 12.0. The largest absolute Gasteiger partial charge is 0.480 e. The number of nitrogens with zero attached hydrogens (tertiary/aromatic N) is 1. The standard InChI is InChI=1S/C14H17NO6/c1-9(13(17)18)15(12(16)8-21-2)7-10-5-3-4-6-11(10)14(19)20/h3-6,9H,7-8H2,1-2H3,(H,17,18)(H,19,20). The first-order chi connectivity index (χ1) is 9.88. The van der Waals surface area contributed by atoms with Crippen molar-refractivity contribution in [2.24, 2.45) is 0 Å². The lowest BCUT2D eigenvalue weighted by atomic mass is 10.1. The van der Waals surface area contributed by atoms with Crippen LogP contribution < -0.4 is 0 Å². The van der Waals surface area contributed by atoms with Gasteiger partial charge in [0, 0.05) is 13.7 Å². The molecule has 0 aliphatic heterocycles. The summed E-state index contributed by atoms with van der Waals surface area (Å²) >= 11 is 0. The molecule has 7 heteroatoms. The zero-order valence-corrected chi connectivity index (χ0v) is 11.8. The Morgan fingerprint density at radius 1 is 1.24 bits per heavy atom. The highest BCUT2D eigenvalue weighted by Gasteiger charge is 2.26. The van der Waals surface area contributed by atoms with E-state index in [1.54, 1.807) is 18.2 Å². The molecule has 1 aromatic carbocycles. The molecule has 0 fully saturated rings. The van der Waals surface area contributed by atoms with Crippen LogP contribution in [-0.4, -0.2) is 52.7 Å². The van der Waals surface area contributed by atoms with Gasteiger partial charge in [-0.3, -0.25) is 4.79 Å². The van der Waals surface area contributed by atoms with Gasteiger partial charge in [0.25, 0.3) is 0 Å². The Kier molecular flexibility index (Phi) is 5.86. The number of ether oxygens (including phenoxy) is 1. The number of carbonyl (C=O) groups excluding carboxylic acids is 1. The van der Waals surface area contributed by atoms with Crippen LogP contribution >= 0.6 is 0 Å². The van der Waals surface area contributed by atoms with Crippen LogP contribution in [0.15, 0.2) is 24.3 Å². The average Bonchev–Trinajstić information content (AvgIpc) is 2.44. The molecule has 0 aromatic heterocycles. The molecule has 0 radical (unpaired) electrons. The normalized spacial score (nSPS) is 11.7. The van der Waals surface area contributed by atoms with Crippen LogP contribution in [0, 0.1) is 0 Å². The van der Waals surface area contributed by atoms with E-state index >= 15 is 0 Å². The molecular weight excluding hydrogens is 278 g/mol. The number of carboxylic acids is 2. The highest BCUT2D eigenvalue weighted by molar-refractivity contribution is 5.90. The van der Waals surface area contributed by atoms with Crippen molar-refractivity contribution in [3.8, 4) is 0 Å². The van der Waals surface area contributed by atoms with E-state index in [0.29, 0.717) is 5.56 Å². The minimum atomic E-state index is -1.17. The van der Waals surface area contributed by atoms with Crippen LogP contribution in [0.3, 0.4) is 0 Å². The van der Waals surface area contributed by atoms with Crippen molar-refractivity contribution in [1.29, 1.82) is 0 Å². The minimum absolute atomic E-state index is 0.0327. The summed E-state index contributed by atoms with van der Waals surface area (Å²) in [5.41, 5.74) is 0.396. The molecule has 21 heavy (non-hydrogen) atoms. The molecule has 1 aromatic rings. The monoisotopic (exact) mass is 295 g/mol. The Hall–Kier alpha value is -2.41. The van der Waals surface area contributed by atoms with Gasteiger partial charge in [0.15, 0.2) is 0 Å². The lowest BCUT2D eigenvalue weighted by molar-refractivity contribution is -0.151. The first-order valence-electron chi connectivity index (χ1n) is 6.21. The fourth-order valence-electron chi connectivity index (χ4n) is 1.83. The van der Waals surface area contributed by atoms with E-state index in [4.69, 9.17) is 14.9 Å². The molecule has 1 unspecified atom stereocenters. The quantitative estimate of drug-likeness (QED) is 0.772. The van der Waals surface area contributed by atoms with Crippen LogP contribution in [0.5, 0.6) is 0 Å². The topological polar surface area (TPSA) is 104 Å². The van der Waals surface area contributed by atoms with E-state index in [0.717, 1.165) is 4.90 Å². The van der Waals surface area contributed by atoms with Gasteiger partial charge in [0.05, 0.1) is 5.56 Å². The fraction of sp³-hybridized carbons (Fsp3) is 0.357. The minimum Gasteiger partial charge on any atom is -0.480 e. The van der Waals surface area contributed by atoms with E-state index in [2.05, 4.69) is 0 Å². The van der Waals surface area contributed by atoms with Gasteiger partial charge in [-0.25, -0.2) is 9.59 Å². The summed E-state index contributed by atoms with van der Waals surface area (Å²) in [6.45, 7) is 0.976. The Morgan fingerprint density at radius 2 is 1.86 bits per heavy atom. The number of rotatable bonds is 7. The molecule has 0 saturated carbocycles. The highest BCUT2D eigenvalue weighted by Crippen LogP contribution is 2.14. The molecule has 1 atom stereocenters. The third kappa shape index (κ3) is 4.28. The number of benzene rings is 1. The molecule has 0 aliphatic carbocycles. The summed E-state index contributed by atoms with van der Waals surface area (Å²) < 4.78 is 4.73. The van der Waals surface area contributed by atoms with Gasteiger partial charge in [-0.05, 0) is 18.6 Å². The van der Waals surface area contributed by atoms with E-state index < -0.39 is 23.9 Å². The smallest absolute Gasteiger partial charge is 0.336 e. The number of aliphatic carboxylic acids is 1. The first kappa shape index (κ1) is 16.6. The maximum Gasteiger partial charge on any atom is 0.336 e. The van der Waals surface area contributed by atoms with Crippen LogP contribution in [0.1, 0.15) is 22.8 Å². The summed E-state index contributed by atoms with van der Waals surface area (Å²) in [5.74, 6) is -2.83. The summed E-state index contributed by atoms with van der Waals surface area (Å²) in [7, 11) is 1.33. The van der Waals surface area contributed by atoms with Crippen LogP contribution in [0.2, 0.25) is 0 Å². The third-order valence-corrected chi connectivity index (χ3v) is 3.00. The average molecular weight is 295 g/mol. The van der Waals surface area contributed by atoms with Crippen molar-refractivity contribution < 1.29 is 29.3 Å². The number of carboxylic acid groups (broad SMARTS) is 2. The SMILES string of the molecule is COCC(=O)N(Cc1ccccc1C(=O)O)C(C)C(=O)O. The summed E-state index contributed by atoms with van der Waals surface area (Å²) in [5, 5.41) is 18.2. The van der Waals surface area contributed by atoms with Gasteiger partial charge >= 0.3 is 11.9 Å². The molecule has 0 spiro atoms. The molecule has 1 amide bonds. The summed E-state index contributed by atoms with van der Waals surface area (Å²) in [4.78, 5) is 35.3. The van der Waals surface area contributed by atoms with Gasteiger partial charge < -0.3 is 19.8 Å². The van der Waals surface area contributed by atoms with Crippen LogP contribution in [0.25, 0.3) is 0 Å². The number of carbonyl (C=O) groups is 3. The van der Waals surface area contributed by atoms with Crippen LogP contribution in [-0.2, 0) is 20.9 Å². The molecule has 0 aliphatic rings. The van der Waals surface area contributed by atoms with E-state index in [1.807, 2.05) is 0 Å². The Balaban J connectivity index is 3.09. The molecule has 0 saturated heterocycles. The molecule has 114 valence electrons. The number of amides is 1. The molecule has 1 rings (SSSR count). The lowest BCUT2D eigenvalue weighted by Crippen LogP contribution is -2.44. The van der Waals surface area contributed by atoms with E-state index in [9.17, 15) is 14.4 Å². The second kappa shape index (κ2) is 7.39. The van der Waals surface area contributed by atoms with E-state index in [-0.39, 0.29) is 18.7 Å². The zero-order valence-electron chi connectivity index (χ0n) is 11.8. The lowest BCUT2D eigenvalue weighted by Gasteiger charge is -2.27. The molecular formula is C14H17NO6. The van der Waals surface area contributed by atoms with E-state index in [1.165, 1.54) is 20.1 Å². The van der Waals surface area contributed by atoms with Gasteiger partial charge in [0.2, 0.25) is 5.91 Å².